The number of ether oxygens (including phenoxy) is 2. The minimum absolute atomic E-state index is 0.303. The molecule has 0 saturated carbocycles. The lowest BCUT2D eigenvalue weighted by molar-refractivity contribution is -0.128. The molecule has 4 nitrogen and oxygen atoms in total. The fraction of sp³-hybridized carbons (Fsp3) is 0.500. The van der Waals surface area contributed by atoms with E-state index < -0.39 is 4.84 Å². The highest BCUT2D eigenvalue weighted by molar-refractivity contribution is 6.53. The van der Waals surface area contributed by atoms with Crippen molar-refractivity contribution in [1.29, 1.82) is 0 Å². The first-order chi connectivity index (χ1) is 11.3. The van der Waals surface area contributed by atoms with E-state index in [1.54, 1.807) is 25.2 Å². The first kappa shape index (κ1) is 20.7. The van der Waals surface area contributed by atoms with Gasteiger partial charge in [0.05, 0.1) is 20.8 Å². The molecule has 0 spiro atoms. The molecule has 6 heteroatoms. The Bertz CT molecular complexity index is 586. The highest BCUT2D eigenvalue weighted by Crippen LogP contribution is 2.28. The third-order valence-corrected chi connectivity index (χ3v) is 3.88. The molecule has 1 amide bonds. The number of rotatable bonds is 8. The lowest BCUT2D eigenvalue weighted by Crippen LogP contribution is -2.34. The first-order valence-electron chi connectivity index (χ1n) is 7.85. The Morgan fingerprint density at radius 3 is 2.38 bits per heavy atom. The number of amides is 1. The summed E-state index contributed by atoms with van der Waals surface area (Å²) in [5, 5.41) is 0. The summed E-state index contributed by atoms with van der Waals surface area (Å²) in [5.41, 5.74) is 1.74. The Kier molecular flexibility index (Phi) is 8.43. The van der Waals surface area contributed by atoms with Crippen LogP contribution >= 0.6 is 23.2 Å². The molecule has 0 aliphatic carbocycles. The molecule has 1 aromatic carbocycles. The fourth-order valence-corrected chi connectivity index (χ4v) is 2.61. The summed E-state index contributed by atoms with van der Waals surface area (Å²) in [5.74, 6) is 1.30. The van der Waals surface area contributed by atoms with Crippen LogP contribution in [0.25, 0.3) is 0 Å². The number of hydrogen-bond acceptors (Lipinski definition) is 3. The van der Waals surface area contributed by atoms with Crippen LogP contribution in [-0.2, 0) is 11.3 Å². The highest BCUT2D eigenvalue weighted by Gasteiger charge is 2.24. The van der Waals surface area contributed by atoms with Crippen LogP contribution in [0.1, 0.15) is 32.8 Å². The smallest absolute Gasteiger partial charge is 0.260 e. The van der Waals surface area contributed by atoms with E-state index in [2.05, 4.69) is 13.8 Å². The molecule has 0 saturated heterocycles. The van der Waals surface area contributed by atoms with Gasteiger partial charge in [-0.2, -0.15) is 0 Å². The number of halogens is 2. The summed E-state index contributed by atoms with van der Waals surface area (Å²) in [6.45, 7) is 6.45. The number of hydrogen-bond donors (Lipinski definition) is 0. The molecule has 1 rings (SSSR count). The Balaban J connectivity index is 3.25. The molecule has 0 unspecified atom stereocenters. The minimum atomic E-state index is -1.11. The summed E-state index contributed by atoms with van der Waals surface area (Å²) >= 11 is 11.7. The lowest BCUT2D eigenvalue weighted by atomic mass is 10.1. The van der Waals surface area contributed by atoms with Crippen molar-refractivity contribution in [3.05, 3.63) is 35.5 Å². The van der Waals surface area contributed by atoms with Crippen LogP contribution in [0.4, 0.5) is 0 Å². The monoisotopic (exact) mass is 373 g/mol. The van der Waals surface area contributed by atoms with E-state index in [0.29, 0.717) is 30.4 Å². The largest absolute Gasteiger partial charge is 0.497 e. The second kappa shape index (κ2) is 9.80. The van der Waals surface area contributed by atoms with Gasteiger partial charge in [-0.25, -0.2) is 0 Å². The predicted molar refractivity (Wildman–Crippen MR) is 98.8 cm³/mol. The van der Waals surface area contributed by atoms with Gasteiger partial charge < -0.3 is 14.4 Å². The van der Waals surface area contributed by atoms with E-state index in [1.807, 2.05) is 25.1 Å². The molecule has 0 aliphatic heterocycles. The van der Waals surface area contributed by atoms with Gasteiger partial charge in [0.1, 0.15) is 11.5 Å². The van der Waals surface area contributed by atoms with Crippen molar-refractivity contribution in [2.24, 2.45) is 5.92 Å². The maximum absolute atomic E-state index is 12.5. The Morgan fingerprint density at radius 2 is 1.92 bits per heavy atom. The van der Waals surface area contributed by atoms with Gasteiger partial charge in [0.15, 0.2) is 4.84 Å². The highest BCUT2D eigenvalue weighted by atomic mass is 35.5. The van der Waals surface area contributed by atoms with Crippen LogP contribution in [0, 0.1) is 5.92 Å². The van der Waals surface area contributed by atoms with Gasteiger partial charge in [0.25, 0.3) is 5.91 Å². The third kappa shape index (κ3) is 5.60. The van der Waals surface area contributed by atoms with Crippen LogP contribution in [0.5, 0.6) is 11.5 Å². The van der Waals surface area contributed by atoms with Crippen LogP contribution < -0.4 is 9.47 Å². The van der Waals surface area contributed by atoms with Crippen molar-refractivity contribution in [2.45, 2.75) is 38.6 Å². The number of methoxy groups -OCH3 is 2. The number of nitrogens with zero attached hydrogens (tertiary/aromatic N) is 1. The Morgan fingerprint density at radius 1 is 1.25 bits per heavy atom. The SMILES string of the molecule is CC/C(=C\C(C)C)N(Cc1ccc(OC)cc1OC)C(=O)C(Cl)Cl. The standard InChI is InChI=1S/C18H25Cl2NO3/c1-6-14(9-12(2)3)21(18(22)17(19)20)11-13-7-8-15(23-4)10-16(13)24-5/h7-10,12,17H,6,11H2,1-5H3/b14-9+. The summed E-state index contributed by atoms with van der Waals surface area (Å²) in [6.07, 6.45) is 2.74. The molecule has 0 aromatic heterocycles. The summed E-state index contributed by atoms with van der Waals surface area (Å²) in [4.78, 5) is 13.0. The average molecular weight is 374 g/mol. The normalized spacial score (nSPS) is 11.8. The summed E-state index contributed by atoms with van der Waals surface area (Å²) in [6, 6.07) is 5.49. The molecule has 0 radical (unpaired) electrons. The second-order valence-corrected chi connectivity index (χ2v) is 6.75. The second-order valence-electron chi connectivity index (χ2n) is 5.66. The number of benzene rings is 1. The van der Waals surface area contributed by atoms with Crippen LogP contribution in [-0.4, -0.2) is 29.9 Å². The number of carbonyl (C=O) groups is 1. The van der Waals surface area contributed by atoms with Gasteiger partial charge in [-0.05, 0) is 24.5 Å². The van der Waals surface area contributed by atoms with Crippen LogP contribution in [0.3, 0.4) is 0 Å². The third-order valence-electron chi connectivity index (χ3n) is 3.51. The van der Waals surface area contributed by atoms with Gasteiger partial charge in [-0.15, -0.1) is 0 Å². The molecular formula is C18H25Cl2NO3. The molecule has 0 heterocycles. The van der Waals surface area contributed by atoms with Crippen molar-refractivity contribution in [3.63, 3.8) is 0 Å². The van der Waals surface area contributed by atoms with Gasteiger partial charge in [0, 0.05) is 17.3 Å². The molecule has 0 atom stereocenters. The fourth-order valence-electron chi connectivity index (χ4n) is 2.38. The van der Waals surface area contributed by atoms with Gasteiger partial charge in [-0.3, -0.25) is 4.79 Å². The Hall–Kier alpha value is -1.39. The molecule has 0 bridgehead atoms. The topological polar surface area (TPSA) is 38.8 Å². The summed E-state index contributed by atoms with van der Waals surface area (Å²) < 4.78 is 10.6. The predicted octanol–water partition coefficient (Wildman–Crippen LogP) is 4.79. The molecule has 0 aliphatic rings. The van der Waals surface area contributed by atoms with E-state index in [-0.39, 0.29) is 5.91 Å². The molecular weight excluding hydrogens is 349 g/mol. The molecule has 134 valence electrons. The number of allylic oxidation sites excluding steroid dienone is 2. The van der Waals surface area contributed by atoms with E-state index in [9.17, 15) is 4.79 Å². The van der Waals surface area contributed by atoms with Crippen molar-refractivity contribution in [1.82, 2.24) is 4.90 Å². The number of alkyl halides is 2. The molecule has 24 heavy (non-hydrogen) atoms. The zero-order valence-corrected chi connectivity index (χ0v) is 16.3. The van der Waals surface area contributed by atoms with Crippen molar-refractivity contribution < 1.29 is 14.3 Å². The van der Waals surface area contributed by atoms with Crippen LogP contribution in [0.2, 0.25) is 0 Å². The first-order valence-corrected chi connectivity index (χ1v) is 8.72. The molecule has 0 fully saturated rings. The van der Waals surface area contributed by atoms with E-state index in [1.165, 1.54) is 0 Å². The zero-order valence-electron chi connectivity index (χ0n) is 14.8. The van der Waals surface area contributed by atoms with E-state index >= 15 is 0 Å². The van der Waals surface area contributed by atoms with Crippen molar-refractivity contribution >= 4 is 29.1 Å². The van der Waals surface area contributed by atoms with Gasteiger partial charge in [0.2, 0.25) is 0 Å². The lowest BCUT2D eigenvalue weighted by Gasteiger charge is -2.27. The van der Waals surface area contributed by atoms with E-state index in [4.69, 9.17) is 32.7 Å². The van der Waals surface area contributed by atoms with Gasteiger partial charge >= 0.3 is 0 Å². The van der Waals surface area contributed by atoms with Crippen molar-refractivity contribution in [3.8, 4) is 11.5 Å². The van der Waals surface area contributed by atoms with Gasteiger partial charge in [-0.1, -0.05) is 50.0 Å². The van der Waals surface area contributed by atoms with Crippen LogP contribution in [0.15, 0.2) is 30.0 Å². The molecule has 0 N–H and O–H groups in total. The minimum Gasteiger partial charge on any atom is -0.497 e. The zero-order chi connectivity index (χ0) is 18.3. The van der Waals surface area contributed by atoms with E-state index in [0.717, 1.165) is 11.3 Å². The van der Waals surface area contributed by atoms with Crippen molar-refractivity contribution in [2.75, 3.05) is 14.2 Å². The molecule has 1 aromatic rings. The maximum Gasteiger partial charge on any atom is 0.260 e. The summed E-state index contributed by atoms with van der Waals surface area (Å²) in [7, 11) is 3.18. The Labute approximate surface area is 154 Å². The average Bonchev–Trinajstić information content (AvgIpc) is 2.56. The number of carbonyl (C=O) groups excluding carboxylic acids is 1. The maximum atomic E-state index is 12.5. The quantitative estimate of drug-likeness (QED) is 0.615.